The molecule has 0 unspecified atom stereocenters. The van der Waals surface area contributed by atoms with Crippen molar-refractivity contribution in [2.24, 2.45) is 11.8 Å². The molecule has 1 aliphatic rings. The predicted molar refractivity (Wildman–Crippen MR) is 95.0 cm³/mol. The first-order valence-corrected chi connectivity index (χ1v) is 8.85. The van der Waals surface area contributed by atoms with Crippen molar-refractivity contribution in [3.05, 3.63) is 29.3 Å². The fraction of sp³-hybridized carbons (Fsp3) is 0.550. The highest BCUT2D eigenvalue weighted by atomic mass is 16.6. The highest BCUT2D eigenvalue weighted by molar-refractivity contribution is 5.78. The SMILES string of the molecule is CC(C)CC(=O)OC[C@@]1(c2ccc(C=O)cc2OC(=O)CC(C)C)CO1. The Hall–Kier alpha value is -2.21. The van der Waals surface area contributed by atoms with Gasteiger partial charge in [-0.05, 0) is 17.9 Å². The third-order valence-electron chi connectivity index (χ3n) is 3.97. The van der Waals surface area contributed by atoms with E-state index in [1.54, 1.807) is 12.1 Å². The molecule has 0 amide bonds. The molecule has 0 N–H and O–H groups in total. The van der Waals surface area contributed by atoms with Crippen LogP contribution in [0.25, 0.3) is 0 Å². The first-order valence-electron chi connectivity index (χ1n) is 8.85. The van der Waals surface area contributed by atoms with E-state index < -0.39 is 5.60 Å². The first-order chi connectivity index (χ1) is 12.3. The number of rotatable bonds is 9. The summed E-state index contributed by atoms with van der Waals surface area (Å²) in [6, 6.07) is 4.83. The molecule has 1 heterocycles. The van der Waals surface area contributed by atoms with Crippen molar-refractivity contribution in [2.45, 2.75) is 46.1 Å². The van der Waals surface area contributed by atoms with E-state index >= 15 is 0 Å². The smallest absolute Gasteiger partial charge is 0.311 e. The number of ether oxygens (including phenoxy) is 3. The number of esters is 2. The van der Waals surface area contributed by atoms with Crippen LogP contribution < -0.4 is 4.74 Å². The van der Waals surface area contributed by atoms with E-state index in [0.717, 1.165) is 0 Å². The fourth-order valence-electron chi connectivity index (χ4n) is 2.56. The van der Waals surface area contributed by atoms with E-state index in [2.05, 4.69) is 0 Å². The van der Waals surface area contributed by atoms with Crippen LogP contribution in [0.5, 0.6) is 5.75 Å². The molecule has 0 spiro atoms. The minimum Gasteiger partial charge on any atom is -0.462 e. The number of aldehydes is 1. The fourth-order valence-corrected chi connectivity index (χ4v) is 2.56. The van der Waals surface area contributed by atoms with Crippen molar-refractivity contribution in [1.29, 1.82) is 0 Å². The lowest BCUT2D eigenvalue weighted by molar-refractivity contribution is -0.146. The van der Waals surface area contributed by atoms with E-state index in [-0.39, 0.29) is 42.6 Å². The first kappa shape index (κ1) is 20.1. The van der Waals surface area contributed by atoms with Gasteiger partial charge in [-0.15, -0.1) is 0 Å². The highest BCUT2D eigenvalue weighted by Crippen LogP contribution is 2.44. The third kappa shape index (κ3) is 5.39. The molecule has 1 aliphatic heterocycles. The summed E-state index contributed by atoms with van der Waals surface area (Å²) in [6.07, 6.45) is 1.28. The van der Waals surface area contributed by atoms with Crippen LogP contribution in [0.15, 0.2) is 18.2 Å². The van der Waals surface area contributed by atoms with Gasteiger partial charge in [-0.25, -0.2) is 0 Å². The molecule has 26 heavy (non-hydrogen) atoms. The van der Waals surface area contributed by atoms with E-state index in [4.69, 9.17) is 14.2 Å². The molecule has 2 rings (SSSR count). The van der Waals surface area contributed by atoms with Crippen LogP contribution in [0.4, 0.5) is 0 Å². The van der Waals surface area contributed by atoms with Crippen LogP contribution in [0, 0.1) is 11.8 Å². The average Bonchev–Trinajstić information content (AvgIpc) is 3.32. The molecule has 6 heteroatoms. The maximum atomic E-state index is 12.1. The lowest BCUT2D eigenvalue weighted by Crippen LogP contribution is -2.23. The summed E-state index contributed by atoms with van der Waals surface area (Å²) < 4.78 is 16.4. The Kier molecular flexibility index (Phi) is 6.53. The number of benzene rings is 1. The largest absolute Gasteiger partial charge is 0.462 e. The molecule has 0 aromatic heterocycles. The second-order valence-electron chi connectivity index (χ2n) is 7.49. The van der Waals surface area contributed by atoms with Crippen molar-refractivity contribution < 1.29 is 28.6 Å². The average molecular weight is 362 g/mol. The van der Waals surface area contributed by atoms with Gasteiger partial charge in [0.15, 0.2) is 5.60 Å². The minimum atomic E-state index is -0.818. The molecule has 0 radical (unpaired) electrons. The van der Waals surface area contributed by atoms with Crippen molar-refractivity contribution in [3.63, 3.8) is 0 Å². The summed E-state index contributed by atoms with van der Waals surface area (Å²) in [5.74, 6) is -0.0337. The Balaban J connectivity index is 2.17. The quantitative estimate of drug-likeness (QED) is 0.290. The van der Waals surface area contributed by atoms with Crippen molar-refractivity contribution in [3.8, 4) is 5.75 Å². The molecule has 142 valence electrons. The zero-order valence-electron chi connectivity index (χ0n) is 15.7. The van der Waals surface area contributed by atoms with Gasteiger partial charge in [0.2, 0.25) is 0 Å². The predicted octanol–water partition coefficient (Wildman–Crippen LogP) is 3.27. The molecular weight excluding hydrogens is 336 g/mol. The minimum absolute atomic E-state index is 0.0493. The van der Waals surface area contributed by atoms with E-state index in [9.17, 15) is 14.4 Å². The maximum Gasteiger partial charge on any atom is 0.311 e. The van der Waals surface area contributed by atoms with Gasteiger partial charge in [0.1, 0.15) is 18.6 Å². The zero-order valence-corrected chi connectivity index (χ0v) is 15.7. The molecule has 6 nitrogen and oxygen atoms in total. The normalized spacial score (nSPS) is 18.7. The van der Waals surface area contributed by atoms with Crippen LogP contribution >= 0.6 is 0 Å². The van der Waals surface area contributed by atoms with Gasteiger partial charge in [-0.1, -0.05) is 39.8 Å². The molecule has 1 fully saturated rings. The lowest BCUT2D eigenvalue weighted by atomic mass is 9.98. The Morgan fingerprint density at radius 1 is 1.15 bits per heavy atom. The summed E-state index contributed by atoms with van der Waals surface area (Å²) >= 11 is 0. The van der Waals surface area contributed by atoms with E-state index in [1.165, 1.54) is 6.07 Å². The van der Waals surface area contributed by atoms with Crippen LogP contribution in [0.1, 0.15) is 56.5 Å². The van der Waals surface area contributed by atoms with Crippen LogP contribution in [0.2, 0.25) is 0 Å². The third-order valence-corrected chi connectivity index (χ3v) is 3.97. The summed E-state index contributed by atoms with van der Waals surface area (Å²) in [5.41, 5.74) is 0.188. The van der Waals surface area contributed by atoms with Crippen LogP contribution in [-0.2, 0) is 24.7 Å². The lowest BCUT2D eigenvalue weighted by Gasteiger charge is -2.18. The van der Waals surface area contributed by atoms with Gasteiger partial charge in [0, 0.05) is 24.0 Å². The molecule has 1 aromatic carbocycles. The molecule has 1 aromatic rings. The molecule has 1 atom stereocenters. The van der Waals surface area contributed by atoms with Crippen molar-refractivity contribution >= 4 is 18.2 Å². The topological polar surface area (TPSA) is 82.2 Å². The van der Waals surface area contributed by atoms with Crippen LogP contribution in [-0.4, -0.2) is 31.4 Å². The summed E-state index contributed by atoms with van der Waals surface area (Å²) in [4.78, 5) is 35.0. The Labute approximate surface area is 153 Å². The monoisotopic (exact) mass is 362 g/mol. The van der Waals surface area contributed by atoms with Gasteiger partial charge in [-0.2, -0.15) is 0 Å². The highest BCUT2D eigenvalue weighted by Gasteiger charge is 2.50. The van der Waals surface area contributed by atoms with Gasteiger partial charge in [0.05, 0.1) is 6.61 Å². The molecule has 0 saturated carbocycles. The van der Waals surface area contributed by atoms with E-state index in [1.807, 2.05) is 27.7 Å². The standard InChI is InChI=1S/C20H26O6/c1-13(2)7-18(22)24-11-20(12-25-20)16-6-5-15(10-21)9-17(16)26-19(23)8-14(3)4/h5-6,9-10,13-14H,7-8,11-12H2,1-4H3/t20-/m0/s1. The Morgan fingerprint density at radius 3 is 2.31 bits per heavy atom. The van der Waals surface area contributed by atoms with Gasteiger partial charge in [-0.3, -0.25) is 14.4 Å². The van der Waals surface area contributed by atoms with Crippen LogP contribution in [0.3, 0.4) is 0 Å². The zero-order chi connectivity index (χ0) is 19.3. The number of epoxide rings is 1. The second kappa shape index (κ2) is 8.45. The number of carbonyl (C=O) groups excluding carboxylic acids is 3. The Bertz CT molecular complexity index is 673. The summed E-state index contributed by atoms with van der Waals surface area (Å²) in [6.45, 7) is 8.13. The molecule has 0 aliphatic carbocycles. The van der Waals surface area contributed by atoms with Gasteiger partial charge < -0.3 is 14.2 Å². The van der Waals surface area contributed by atoms with Gasteiger partial charge in [0.25, 0.3) is 0 Å². The number of carbonyl (C=O) groups is 3. The summed E-state index contributed by atoms with van der Waals surface area (Å²) in [7, 11) is 0. The van der Waals surface area contributed by atoms with Crippen molar-refractivity contribution in [1.82, 2.24) is 0 Å². The van der Waals surface area contributed by atoms with E-state index in [0.29, 0.717) is 30.4 Å². The maximum absolute atomic E-state index is 12.1. The second-order valence-corrected chi connectivity index (χ2v) is 7.49. The Morgan fingerprint density at radius 2 is 1.77 bits per heavy atom. The number of hydrogen-bond donors (Lipinski definition) is 0. The molecular formula is C20H26O6. The number of hydrogen-bond acceptors (Lipinski definition) is 6. The molecule has 0 bridgehead atoms. The van der Waals surface area contributed by atoms with Crippen molar-refractivity contribution in [2.75, 3.05) is 13.2 Å². The van der Waals surface area contributed by atoms with Gasteiger partial charge >= 0.3 is 11.9 Å². The molecule has 1 saturated heterocycles. The summed E-state index contributed by atoms with van der Waals surface area (Å²) in [5, 5.41) is 0.